The number of aliphatic hydroxyl groups excluding tert-OH is 1. The van der Waals surface area contributed by atoms with Crippen LogP contribution in [0, 0.1) is 0 Å². The molecule has 5 heteroatoms. The fourth-order valence-electron chi connectivity index (χ4n) is 3.97. The monoisotopic (exact) mass is 392 g/mol. The van der Waals surface area contributed by atoms with Gasteiger partial charge in [-0.05, 0) is 35.4 Å². The van der Waals surface area contributed by atoms with Crippen molar-refractivity contribution in [3.8, 4) is 10.4 Å². The smallest absolute Gasteiger partial charge is 0.223 e. The Bertz CT molecular complexity index is 952. The molecule has 1 amide bonds. The van der Waals surface area contributed by atoms with E-state index >= 15 is 0 Å². The number of aliphatic hydroxyl groups is 1. The van der Waals surface area contributed by atoms with Gasteiger partial charge in [0.15, 0.2) is 0 Å². The normalized spacial score (nSPS) is 20.4. The molecule has 0 saturated carbocycles. The predicted octanol–water partition coefficient (Wildman–Crippen LogP) is 4.50. The van der Waals surface area contributed by atoms with Gasteiger partial charge < -0.3 is 15.3 Å². The van der Waals surface area contributed by atoms with Gasteiger partial charge in [-0.15, -0.1) is 11.3 Å². The predicted molar refractivity (Wildman–Crippen MR) is 115 cm³/mol. The molecular formula is C23H24N2O2S. The number of nitrogens with zero attached hydrogens (tertiary/aromatic N) is 1. The number of hydrogen-bond donors (Lipinski definition) is 2. The molecule has 0 unspecified atom stereocenters. The van der Waals surface area contributed by atoms with Gasteiger partial charge in [0.2, 0.25) is 5.91 Å². The number of carbonyl (C=O) groups is 1. The minimum absolute atomic E-state index is 0.0271. The van der Waals surface area contributed by atoms with Crippen molar-refractivity contribution in [3.63, 3.8) is 0 Å². The first kappa shape index (κ1) is 18.7. The molecule has 2 N–H and O–H groups in total. The van der Waals surface area contributed by atoms with Crippen molar-refractivity contribution >= 4 is 22.9 Å². The third kappa shape index (κ3) is 3.43. The summed E-state index contributed by atoms with van der Waals surface area (Å²) in [4.78, 5) is 16.2. The Morgan fingerprint density at radius 1 is 1.07 bits per heavy atom. The van der Waals surface area contributed by atoms with Crippen molar-refractivity contribution in [2.24, 2.45) is 0 Å². The van der Waals surface area contributed by atoms with Crippen LogP contribution in [-0.2, 0) is 4.79 Å². The molecule has 1 aliphatic rings. The molecular weight excluding hydrogens is 368 g/mol. The van der Waals surface area contributed by atoms with E-state index in [1.54, 1.807) is 23.3 Å². The van der Waals surface area contributed by atoms with Crippen LogP contribution in [0.4, 0.5) is 5.69 Å². The summed E-state index contributed by atoms with van der Waals surface area (Å²) in [5.41, 5.74) is 3.26. The van der Waals surface area contributed by atoms with Crippen LogP contribution < -0.4 is 5.32 Å². The van der Waals surface area contributed by atoms with Crippen molar-refractivity contribution in [2.45, 2.75) is 24.5 Å². The lowest BCUT2D eigenvalue weighted by molar-refractivity contribution is -0.128. The first-order chi connectivity index (χ1) is 13.6. The zero-order valence-electron chi connectivity index (χ0n) is 16.0. The van der Waals surface area contributed by atoms with Crippen LogP contribution in [0.15, 0.2) is 66.7 Å². The Balaban J connectivity index is 1.63. The van der Waals surface area contributed by atoms with Gasteiger partial charge in [-0.3, -0.25) is 4.79 Å². The molecule has 0 aliphatic carbocycles. The van der Waals surface area contributed by atoms with E-state index in [0.717, 1.165) is 26.6 Å². The highest BCUT2D eigenvalue weighted by Crippen LogP contribution is 2.42. The summed E-state index contributed by atoms with van der Waals surface area (Å²) in [6.07, 6.45) is -0.290. The van der Waals surface area contributed by atoms with Crippen LogP contribution in [0.25, 0.3) is 10.4 Å². The van der Waals surface area contributed by atoms with Crippen molar-refractivity contribution < 1.29 is 9.90 Å². The number of nitrogens with one attached hydrogen (secondary N) is 1. The Morgan fingerprint density at radius 2 is 1.79 bits per heavy atom. The van der Waals surface area contributed by atoms with Gasteiger partial charge in [-0.1, -0.05) is 42.5 Å². The lowest BCUT2D eigenvalue weighted by Crippen LogP contribution is -2.36. The highest BCUT2D eigenvalue weighted by molar-refractivity contribution is 7.15. The van der Waals surface area contributed by atoms with E-state index < -0.39 is 6.10 Å². The van der Waals surface area contributed by atoms with Crippen LogP contribution >= 0.6 is 11.3 Å². The maximum atomic E-state index is 12.5. The minimum atomic E-state index is -0.715. The minimum Gasteiger partial charge on any atom is -0.388 e. The molecule has 4 nitrogen and oxygen atoms in total. The fraction of sp³-hybridized carbons (Fsp3) is 0.261. The molecule has 0 bridgehead atoms. The maximum absolute atomic E-state index is 12.5. The van der Waals surface area contributed by atoms with Crippen molar-refractivity contribution in [2.75, 3.05) is 19.4 Å². The molecule has 0 spiro atoms. The van der Waals surface area contributed by atoms with Crippen molar-refractivity contribution in [1.82, 2.24) is 4.90 Å². The average Bonchev–Trinajstić information content (AvgIpc) is 3.34. The number of likely N-dealkylation sites (N-methyl/N-ethyl adjacent to an activating group) is 1. The molecule has 1 saturated heterocycles. The Labute approximate surface area is 169 Å². The lowest BCUT2D eigenvalue weighted by atomic mass is 9.88. The fourth-order valence-corrected chi connectivity index (χ4v) is 5.01. The number of anilines is 1. The molecule has 2 aromatic carbocycles. The Morgan fingerprint density at radius 3 is 2.46 bits per heavy atom. The largest absolute Gasteiger partial charge is 0.388 e. The van der Waals surface area contributed by atoms with Crippen molar-refractivity contribution in [3.05, 3.63) is 77.2 Å². The van der Waals surface area contributed by atoms with E-state index in [9.17, 15) is 9.90 Å². The number of likely N-dealkylation sites (tertiary alicyclic amines) is 1. The first-order valence-electron chi connectivity index (χ1n) is 9.45. The van der Waals surface area contributed by atoms with Gasteiger partial charge in [0.1, 0.15) is 6.10 Å². The second-order valence-electron chi connectivity index (χ2n) is 7.19. The number of rotatable bonds is 5. The van der Waals surface area contributed by atoms with Gasteiger partial charge in [-0.2, -0.15) is 0 Å². The highest BCUT2D eigenvalue weighted by atomic mass is 32.1. The standard InChI is InChI=1S/C23H24N2O2S/c1-24-17-10-8-15(9-11-17)18-14-21(26)25(2)22(18)23(27)20-13-12-19(28-20)16-6-4-3-5-7-16/h3-13,18,22-24,27H,14H2,1-2H3/t18-,22-,23-/m1/s1. The van der Waals surface area contributed by atoms with E-state index in [1.165, 1.54) is 0 Å². The lowest BCUT2D eigenvalue weighted by Gasteiger charge is -2.29. The molecule has 1 fully saturated rings. The quantitative estimate of drug-likeness (QED) is 0.672. The summed E-state index contributed by atoms with van der Waals surface area (Å²) in [6.45, 7) is 0. The second-order valence-corrected chi connectivity index (χ2v) is 8.31. The summed E-state index contributed by atoms with van der Waals surface area (Å²) >= 11 is 1.59. The molecule has 2 heterocycles. The zero-order valence-corrected chi connectivity index (χ0v) is 16.8. The number of benzene rings is 2. The molecule has 28 heavy (non-hydrogen) atoms. The van der Waals surface area contributed by atoms with Crippen LogP contribution in [0.5, 0.6) is 0 Å². The van der Waals surface area contributed by atoms with E-state index in [2.05, 4.69) is 17.4 Å². The molecule has 4 rings (SSSR count). The van der Waals surface area contributed by atoms with E-state index in [-0.39, 0.29) is 17.9 Å². The molecule has 0 radical (unpaired) electrons. The van der Waals surface area contributed by atoms with E-state index in [1.807, 2.05) is 61.6 Å². The molecule has 1 aliphatic heterocycles. The van der Waals surface area contributed by atoms with Crippen LogP contribution in [0.1, 0.15) is 28.9 Å². The van der Waals surface area contributed by atoms with Gasteiger partial charge in [0.25, 0.3) is 0 Å². The summed E-state index contributed by atoms with van der Waals surface area (Å²) in [6, 6.07) is 22.0. The summed E-state index contributed by atoms with van der Waals surface area (Å²) in [7, 11) is 3.68. The zero-order chi connectivity index (χ0) is 19.7. The average molecular weight is 393 g/mol. The van der Waals surface area contributed by atoms with Gasteiger partial charge in [-0.25, -0.2) is 0 Å². The maximum Gasteiger partial charge on any atom is 0.223 e. The van der Waals surface area contributed by atoms with Gasteiger partial charge in [0, 0.05) is 41.9 Å². The Hall–Kier alpha value is -2.63. The summed E-state index contributed by atoms with van der Waals surface area (Å²) < 4.78 is 0. The SMILES string of the molecule is CNc1ccc([C@H]2CC(=O)N(C)[C@H]2[C@H](O)c2ccc(-c3ccccc3)s2)cc1. The van der Waals surface area contributed by atoms with Gasteiger partial charge >= 0.3 is 0 Å². The van der Waals surface area contributed by atoms with Crippen molar-refractivity contribution in [1.29, 1.82) is 0 Å². The second kappa shape index (κ2) is 7.78. The highest BCUT2D eigenvalue weighted by Gasteiger charge is 2.43. The third-order valence-electron chi connectivity index (χ3n) is 5.57. The van der Waals surface area contributed by atoms with Gasteiger partial charge in [0.05, 0.1) is 6.04 Å². The van der Waals surface area contributed by atoms with E-state index in [4.69, 9.17) is 0 Å². The third-order valence-corrected chi connectivity index (χ3v) is 6.78. The molecule has 144 valence electrons. The number of amides is 1. The summed E-state index contributed by atoms with van der Waals surface area (Å²) in [5, 5.41) is 14.3. The molecule has 1 aromatic heterocycles. The number of thiophene rings is 1. The Kier molecular flexibility index (Phi) is 5.20. The van der Waals surface area contributed by atoms with E-state index in [0.29, 0.717) is 6.42 Å². The summed E-state index contributed by atoms with van der Waals surface area (Å²) in [5.74, 6) is 0.0484. The first-order valence-corrected chi connectivity index (χ1v) is 10.3. The topological polar surface area (TPSA) is 52.6 Å². The number of hydrogen-bond acceptors (Lipinski definition) is 4. The van der Waals surface area contributed by atoms with Crippen LogP contribution in [0.2, 0.25) is 0 Å². The number of carbonyl (C=O) groups excluding carboxylic acids is 1. The van der Waals surface area contributed by atoms with Crippen LogP contribution in [-0.4, -0.2) is 36.1 Å². The molecule has 3 atom stereocenters. The van der Waals surface area contributed by atoms with Crippen LogP contribution in [0.3, 0.4) is 0 Å². The molecule has 3 aromatic rings.